The number of nitro benzene ring substituents is 1. The first-order valence-corrected chi connectivity index (χ1v) is 8.08. The predicted molar refractivity (Wildman–Crippen MR) is 89.1 cm³/mol. The van der Waals surface area contributed by atoms with Crippen molar-refractivity contribution in [1.82, 2.24) is 4.90 Å². The van der Waals surface area contributed by atoms with Gasteiger partial charge in [0.15, 0.2) is 0 Å². The van der Waals surface area contributed by atoms with Gasteiger partial charge in [0, 0.05) is 16.2 Å². The van der Waals surface area contributed by atoms with Crippen molar-refractivity contribution in [3.05, 3.63) is 31.9 Å². The van der Waals surface area contributed by atoms with Crippen molar-refractivity contribution in [3.8, 4) is 0 Å². The van der Waals surface area contributed by atoms with E-state index in [2.05, 4.69) is 39.7 Å². The first kappa shape index (κ1) is 15.5. The fourth-order valence-corrected chi connectivity index (χ4v) is 3.04. The second kappa shape index (κ2) is 7.21. The maximum atomic E-state index is 11.1. The lowest BCUT2D eigenvalue weighted by Gasteiger charge is -2.31. The highest BCUT2D eigenvalue weighted by atomic mass is 127. The van der Waals surface area contributed by atoms with Crippen molar-refractivity contribution in [2.45, 2.75) is 19.8 Å². The van der Waals surface area contributed by atoms with Crippen LogP contribution in [0.1, 0.15) is 19.8 Å². The molecule has 1 aromatic carbocycles. The summed E-state index contributed by atoms with van der Waals surface area (Å²) < 4.78 is 0.885. The lowest BCUT2D eigenvalue weighted by atomic mass is 9.97. The van der Waals surface area contributed by atoms with E-state index in [1.165, 1.54) is 12.8 Å². The summed E-state index contributed by atoms with van der Waals surface area (Å²) in [6.07, 6.45) is 2.33. The minimum atomic E-state index is -0.315. The predicted octanol–water partition coefficient (Wildman–Crippen LogP) is 3.34. The van der Waals surface area contributed by atoms with E-state index in [0.29, 0.717) is 11.6 Å². The number of nitro groups is 1. The summed E-state index contributed by atoms with van der Waals surface area (Å²) in [6, 6.07) is 5.32. The number of anilines is 1. The Labute approximate surface area is 133 Å². The van der Waals surface area contributed by atoms with Gasteiger partial charge in [-0.2, -0.15) is 0 Å². The molecule has 20 heavy (non-hydrogen) atoms. The molecule has 1 N–H and O–H groups in total. The molecule has 0 aromatic heterocycles. The van der Waals surface area contributed by atoms with Gasteiger partial charge in [0.25, 0.3) is 5.69 Å². The molecule has 0 aliphatic carbocycles. The number of rotatable bonds is 5. The second-order valence-electron chi connectivity index (χ2n) is 5.18. The van der Waals surface area contributed by atoms with Gasteiger partial charge in [-0.15, -0.1) is 0 Å². The van der Waals surface area contributed by atoms with Crippen LogP contribution in [-0.2, 0) is 0 Å². The van der Waals surface area contributed by atoms with Crippen LogP contribution in [0.3, 0.4) is 0 Å². The highest BCUT2D eigenvalue weighted by Crippen LogP contribution is 2.27. The summed E-state index contributed by atoms with van der Waals surface area (Å²) in [5.41, 5.74) is 0.802. The average Bonchev–Trinajstić information content (AvgIpc) is 2.46. The van der Waals surface area contributed by atoms with Crippen LogP contribution in [0.15, 0.2) is 18.2 Å². The molecular formula is C14H20IN3O2. The molecule has 0 unspecified atom stereocenters. The third-order valence-electron chi connectivity index (χ3n) is 3.89. The molecule has 110 valence electrons. The molecule has 1 aromatic rings. The zero-order valence-corrected chi connectivity index (χ0v) is 13.8. The summed E-state index contributed by atoms with van der Waals surface area (Å²) in [4.78, 5) is 13.2. The molecule has 5 nitrogen and oxygen atoms in total. The summed E-state index contributed by atoms with van der Waals surface area (Å²) in [5.74, 6) is 0.608. The highest BCUT2D eigenvalue weighted by molar-refractivity contribution is 14.1. The van der Waals surface area contributed by atoms with Gasteiger partial charge in [-0.3, -0.25) is 10.1 Å². The van der Waals surface area contributed by atoms with Gasteiger partial charge in [-0.05, 0) is 73.1 Å². The van der Waals surface area contributed by atoms with Crippen molar-refractivity contribution in [2.75, 3.05) is 31.5 Å². The molecule has 0 saturated carbocycles. The number of hydrogen-bond donors (Lipinski definition) is 1. The summed E-state index contributed by atoms with van der Waals surface area (Å²) in [7, 11) is 0. The third kappa shape index (κ3) is 4.05. The smallest absolute Gasteiger partial charge is 0.293 e. The Morgan fingerprint density at radius 3 is 2.75 bits per heavy atom. The standard InChI is InChI=1S/C14H20IN3O2/c1-2-17-7-5-11(6-8-17)10-16-13-4-3-12(15)9-14(13)18(19)20/h3-4,9,11,16H,2,5-8,10H2,1H3. The molecule has 1 aliphatic rings. The molecule has 1 heterocycles. The van der Waals surface area contributed by atoms with E-state index in [-0.39, 0.29) is 10.6 Å². The van der Waals surface area contributed by atoms with E-state index in [4.69, 9.17) is 0 Å². The molecule has 6 heteroatoms. The summed E-state index contributed by atoms with van der Waals surface area (Å²) >= 11 is 2.10. The molecule has 2 rings (SSSR count). The van der Waals surface area contributed by atoms with Gasteiger partial charge in [-0.1, -0.05) is 6.92 Å². The van der Waals surface area contributed by atoms with Crippen molar-refractivity contribution < 1.29 is 4.92 Å². The van der Waals surface area contributed by atoms with Gasteiger partial charge in [0.05, 0.1) is 4.92 Å². The molecule has 1 saturated heterocycles. The van der Waals surface area contributed by atoms with Crippen molar-refractivity contribution in [2.24, 2.45) is 5.92 Å². The Hall–Kier alpha value is -0.890. The maximum absolute atomic E-state index is 11.1. The SMILES string of the molecule is CCN1CCC(CNc2ccc(I)cc2[N+](=O)[O-])CC1. The Kier molecular flexibility index (Phi) is 5.59. The van der Waals surface area contributed by atoms with Crippen LogP contribution in [-0.4, -0.2) is 36.0 Å². The normalized spacial score (nSPS) is 17.1. The highest BCUT2D eigenvalue weighted by Gasteiger charge is 2.19. The Morgan fingerprint density at radius 1 is 1.45 bits per heavy atom. The van der Waals surface area contributed by atoms with Crippen LogP contribution in [0, 0.1) is 19.6 Å². The Morgan fingerprint density at radius 2 is 2.15 bits per heavy atom. The number of nitrogens with zero attached hydrogens (tertiary/aromatic N) is 2. The van der Waals surface area contributed by atoms with Gasteiger partial charge in [-0.25, -0.2) is 0 Å². The molecule has 0 spiro atoms. The van der Waals surface area contributed by atoms with Crippen molar-refractivity contribution in [3.63, 3.8) is 0 Å². The van der Waals surface area contributed by atoms with E-state index < -0.39 is 0 Å². The molecule has 0 atom stereocenters. The molecule has 1 fully saturated rings. The van der Waals surface area contributed by atoms with Gasteiger partial charge in [0.2, 0.25) is 0 Å². The lowest BCUT2D eigenvalue weighted by Crippen LogP contribution is -2.35. The molecule has 0 radical (unpaired) electrons. The number of benzene rings is 1. The number of nitrogens with one attached hydrogen (secondary N) is 1. The Balaban J connectivity index is 1.93. The fraction of sp³-hybridized carbons (Fsp3) is 0.571. The first-order chi connectivity index (χ1) is 9.60. The van der Waals surface area contributed by atoms with E-state index in [9.17, 15) is 10.1 Å². The summed E-state index contributed by atoms with van der Waals surface area (Å²) in [5, 5.41) is 14.3. The molecule has 0 amide bonds. The minimum Gasteiger partial charge on any atom is -0.379 e. The number of piperidine rings is 1. The number of halogens is 1. The van der Waals surface area contributed by atoms with Crippen molar-refractivity contribution >= 4 is 34.0 Å². The zero-order chi connectivity index (χ0) is 14.5. The molecule has 0 bridgehead atoms. The van der Waals surface area contributed by atoms with E-state index in [0.717, 1.165) is 29.7 Å². The van der Waals surface area contributed by atoms with Crippen molar-refractivity contribution in [1.29, 1.82) is 0 Å². The van der Waals surface area contributed by atoms with Crippen LogP contribution < -0.4 is 5.32 Å². The number of hydrogen-bond acceptors (Lipinski definition) is 4. The molecule has 1 aliphatic heterocycles. The minimum absolute atomic E-state index is 0.169. The lowest BCUT2D eigenvalue weighted by molar-refractivity contribution is -0.384. The summed E-state index contributed by atoms with van der Waals surface area (Å²) in [6.45, 7) is 6.39. The fourth-order valence-electron chi connectivity index (χ4n) is 2.57. The van der Waals surface area contributed by atoms with Gasteiger partial charge >= 0.3 is 0 Å². The van der Waals surface area contributed by atoms with Crippen LogP contribution in [0.2, 0.25) is 0 Å². The van der Waals surface area contributed by atoms with Crippen LogP contribution in [0.25, 0.3) is 0 Å². The average molecular weight is 389 g/mol. The monoisotopic (exact) mass is 389 g/mol. The Bertz CT molecular complexity index is 473. The van der Waals surface area contributed by atoms with Crippen LogP contribution in [0.4, 0.5) is 11.4 Å². The quantitative estimate of drug-likeness (QED) is 0.477. The topological polar surface area (TPSA) is 58.4 Å². The third-order valence-corrected chi connectivity index (χ3v) is 4.56. The largest absolute Gasteiger partial charge is 0.379 e. The maximum Gasteiger partial charge on any atom is 0.293 e. The first-order valence-electron chi connectivity index (χ1n) is 7.00. The van der Waals surface area contributed by atoms with E-state index >= 15 is 0 Å². The second-order valence-corrected chi connectivity index (χ2v) is 6.42. The molecular weight excluding hydrogens is 369 g/mol. The van der Waals surface area contributed by atoms with E-state index in [1.54, 1.807) is 12.1 Å². The zero-order valence-electron chi connectivity index (χ0n) is 11.6. The van der Waals surface area contributed by atoms with Crippen LogP contribution in [0.5, 0.6) is 0 Å². The number of likely N-dealkylation sites (tertiary alicyclic amines) is 1. The van der Waals surface area contributed by atoms with Gasteiger partial charge in [0.1, 0.15) is 5.69 Å². The van der Waals surface area contributed by atoms with Crippen LogP contribution >= 0.6 is 22.6 Å². The van der Waals surface area contributed by atoms with E-state index in [1.807, 2.05) is 6.07 Å². The van der Waals surface area contributed by atoms with Gasteiger partial charge < -0.3 is 10.2 Å².